The summed E-state index contributed by atoms with van der Waals surface area (Å²) >= 11 is 0. The van der Waals surface area contributed by atoms with E-state index in [1.807, 2.05) is 36.7 Å². The van der Waals surface area contributed by atoms with Crippen LogP contribution in [0.4, 0.5) is 0 Å². The van der Waals surface area contributed by atoms with Gasteiger partial charge in [-0.05, 0) is 86.5 Å². The third-order valence-electron chi connectivity index (χ3n) is 6.86. The predicted octanol–water partition coefficient (Wildman–Crippen LogP) is 3.50. The van der Waals surface area contributed by atoms with Crippen molar-refractivity contribution in [1.82, 2.24) is 19.9 Å². The Kier molecular flexibility index (Phi) is 8.03. The second-order valence-corrected chi connectivity index (χ2v) is 9.02. The quantitative estimate of drug-likeness (QED) is 0.469. The van der Waals surface area contributed by atoms with Gasteiger partial charge >= 0.3 is 5.97 Å². The number of piperidine rings is 1. The number of aliphatic hydroxyl groups excluding tert-OH is 1. The molecule has 3 atom stereocenters. The minimum atomic E-state index is -0.750. The zero-order valence-electron chi connectivity index (χ0n) is 19.5. The number of likely N-dealkylation sites (tertiary alicyclic amines) is 1. The number of aliphatic hydroxyl groups is 1. The van der Waals surface area contributed by atoms with E-state index in [9.17, 15) is 15.0 Å². The molecule has 1 aromatic carbocycles. The maximum absolute atomic E-state index is 12.0. The minimum absolute atomic E-state index is 0.0496. The predicted molar refractivity (Wildman–Crippen MR) is 129 cm³/mol. The number of ether oxygens (including phenoxy) is 1. The van der Waals surface area contributed by atoms with Crippen LogP contribution in [0.1, 0.15) is 42.9 Å². The number of rotatable bonds is 10. The summed E-state index contributed by atoms with van der Waals surface area (Å²) < 4.78 is 5.33. The number of fused-ring (bicyclic) bond motifs is 1. The second kappa shape index (κ2) is 11.4. The number of hydrogen-bond donors (Lipinski definition) is 2. The Morgan fingerprint density at radius 2 is 2.09 bits per heavy atom. The summed E-state index contributed by atoms with van der Waals surface area (Å²) in [6.45, 7) is 2.29. The molecule has 0 amide bonds. The van der Waals surface area contributed by atoms with Gasteiger partial charge in [0.25, 0.3) is 0 Å². The molecule has 0 bridgehead atoms. The van der Waals surface area contributed by atoms with E-state index < -0.39 is 18.0 Å². The number of nitrogens with zero attached hydrogens (tertiary/aromatic N) is 4. The number of carbonyl (C=O) groups is 1. The van der Waals surface area contributed by atoms with Crippen molar-refractivity contribution in [3.63, 3.8) is 0 Å². The highest BCUT2D eigenvalue weighted by Gasteiger charge is 2.34. The van der Waals surface area contributed by atoms with Gasteiger partial charge < -0.3 is 19.8 Å². The zero-order chi connectivity index (χ0) is 23.9. The summed E-state index contributed by atoms with van der Waals surface area (Å²) in [5.74, 6) is -0.407. The highest BCUT2D eigenvalue weighted by molar-refractivity contribution is 5.83. The van der Waals surface area contributed by atoms with E-state index in [0.717, 1.165) is 54.4 Å². The average molecular weight is 465 g/mol. The minimum Gasteiger partial charge on any atom is -0.497 e. The average Bonchev–Trinajstić information content (AvgIpc) is 2.87. The number of aryl methyl sites for hydroxylation is 1. The van der Waals surface area contributed by atoms with Crippen LogP contribution in [0.5, 0.6) is 5.75 Å². The summed E-state index contributed by atoms with van der Waals surface area (Å²) in [6, 6.07) is 7.46. The number of aromatic nitrogens is 3. The third-order valence-corrected chi connectivity index (χ3v) is 6.86. The number of benzene rings is 1. The highest BCUT2D eigenvalue weighted by Crippen LogP contribution is 2.33. The van der Waals surface area contributed by atoms with E-state index in [1.165, 1.54) is 6.33 Å². The van der Waals surface area contributed by atoms with E-state index in [-0.39, 0.29) is 5.92 Å². The Morgan fingerprint density at radius 1 is 1.26 bits per heavy atom. The van der Waals surface area contributed by atoms with Gasteiger partial charge in [-0.3, -0.25) is 9.78 Å². The molecule has 1 saturated heterocycles. The van der Waals surface area contributed by atoms with Gasteiger partial charge in [-0.15, -0.1) is 0 Å². The molecule has 0 saturated carbocycles. The van der Waals surface area contributed by atoms with Gasteiger partial charge in [-0.2, -0.15) is 0 Å². The lowest BCUT2D eigenvalue weighted by Gasteiger charge is -2.37. The molecule has 0 spiro atoms. The van der Waals surface area contributed by atoms with Crippen LogP contribution in [0.15, 0.2) is 49.2 Å². The number of methoxy groups -OCH3 is 1. The Balaban J connectivity index is 1.34. The Hall–Kier alpha value is -3.10. The smallest absolute Gasteiger partial charge is 0.308 e. The molecule has 1 fully saturated rings. The molecular formula is C26H32N4O4. The summed E-state index contributed by atoms with van der Waals surface area (Å²) in [6.07, 6.45) is 10.0. The first-order chi connectivity index (χ1) is 16.5. The number of aliphatic carboxylic acids is 1. The molecule has 1 aliphatic rings. The zero-order valence-corrected chi connectivity index (χ0v) is 19.5. The van der Waals surface area contributed by atoms with Gasteiger partial charge in [0.05, 0.1) is 24.6 Å². The van der Waals surface area contributed by atoms with Gasteiger partial charge in [-0.1, -0.05) is 0 Å². The fraction of sp³-hybridized carbons (Fsp3) is 0.462. The molecule has 8 nitrogen and oxygen atoms in total. The lowest BCUT2D eigenvalue weighted by Crippen LogP contribution is -2.44. The van der Waals surface area contributed by atoms with E-state index in [4.69, 9.17) is 4.74 Å². The molecule has 2 aromatic heterocycles. The lowest BCUT2D eigenvalue weighted by atomic mass is 9.81. The Bertz CT molecular complexity index is 1090. The van der Waals surface area contributed by atoms with E-state index in [2.05, 4.69) is 19.9 Å². The SMILES string of the molecule is COc1ccc2nccc([C@@H](O)CC[C@@H]3CCN(CCCc4cncnc4)C[C@@H]3C(=O)O)c2c1. The van der Waals surface area contributed by atoms with E-state index in [0.29, 0.717) is 25.1 Å². The van der Waals surface area contributed by atoms with Crippen molar-refractivity contribution < 1.29 is 19.7 Å². The fourth-order valence-corrected chi connectivity index (χ4v) is 4.95. The molecule has 4 rings (SSSR count). The van der Waals surface area contributed by atoms with Gasteiger partial charge in [0.1, 0.15) is 12.1 Å². The van der Waals surface area contributed by atoms with Crippen molar-refractivity contribution in [2.24, 2.45) is 11.8 Å². The number of carboxylic acid groups (broad SMARTS) is 1. The van der Waals surface area contributed by atoms with Crippen molar-refractivity contribution in [2.75, 3.05) is 26.7 Å². The molecule has 34 heavy (non-hydrogen) atoms. The highest BCUT2D eigenvalue weighted by atomic mass is 16.5. The van der Waals surface area contributed by atoms with Gasteiger partial charge in [0.15, 0.2) is 0 Å². The molecule has 8 heteroatoms. The molecule has 2 N–H and O–H groups in total. The van der Waals surface area contributed by atoms with Crippen LogP contribution < -0.4 is 4.74 Å². The molecule has 0 radical (unpaired) electrons. The Morgan fingerprint density at radius 3 is 2.85 bits per heavy atom. The summed E-state index contributed by atoms with van der Waals surface area (Å²) in [4.78, 5) is 26.8. The second-order valence-electron chi connectivity index (χ2n) is 9.02. The standard InChI is InChI=1S/C26H32N4O4/c1-34-20-5-6-24-22(13-20)21(8-10-29-24)25(31)7-4-19-9-12-30(16-23(19)26(32)33)11-2-3-18-14-27-17-28-15-18/h5-6,8,10,13-15,17,19,23,25,31H,2-4,7,9,11-12,16H2,1H3,(H,32,33)/t19-,23+,25+/m1/s1. The van der Waals surface area contributed by atoms with Crippen LogP contribution in [-0.4, -0.2) is 62.8 Å². The summed E-state index contributed by atoms with van der Waals surface area (Å²) in [5.41, 5.74) is 2.71. The van der Waals surface area contributed by atoms with Crippen LogP contribution in [0.25, 0.3) is 10.9 Å². The first kappa shape index (κ1) is 24.0. The fourth-order valence-electron chi connectivity index (χ4n) is 4.95. The van der Waals surface area contributed by atoms with Crippen molar-refractivity contribution in [3.8, 4) is 5.75 Å². The molecule has 0 aliphatic carbocycles. The van der Waals surface area contributed by atoms with E-state index in [1.54, 1.807) is 13.3 Å². The number of hydrogen-bond acceptors (Lipinski definition) is 7. The molecule has 180 valence electrons. The van der Waals surface area contributed by atoms with Gasteiger partial charge in [0, 0.05) is 30.5 Å². The van der Waals surface area contributed by atoms with Crippen molar-refractivity contribution in [1.29, 1.82) is 0 Å². The first-order valence-electron chi connectivity index (χ1n) is 11.8. The van der Waals surface area contributed by atoms with Gasteiger partial charge in [0.2, 0.25) is 0 Å². The molecule has 3 heterocycles. The molecule has 0 unspecified atom stereocenters. The maximum atomic E-state index is 12.0. The largest absolute Gasteiger partial charge is 0.497 e. The number of carboxylic acids is 1. The maximum Gasteiger partial charge on any atom is 0.308 e. The van der Waals surface area contributed by atoms with Crippen LogP contribution in [0, 0.1) is 11.8 Å². The van der Waals surface area contributed by atoms with E-state index >= 15 is 0 Å². The topological polar surface area (TPSA) is 109 Å². The lowest BCUT2D eigenvalue weighted by molar-refractivity contribution is -0.146. The monoisotopic (exact) mass is 464 g/mol. The van der Waals surface area contributed by atoms with Crippen molar-refractivity contribution in [2.45, 2.75) is 38.2 Å². The molecular weight excluding hydrogens is 432 g/mol. The normalized spacial score (nSPS) is 19.7. The van der Waals surface area contributed by atoms with Crippen molar-refractivity contribution in [3.05, 3.63) is 60.3 Å². The summed E-state index contributed by atoms with van der Waals surface area (Å²) in [7, 11) is 1.61. The third kappa shape index (κ3) is 5.87. The Labute approximate surface area is 199 Å². The summed E-state index contributed by atoms with van der Waals surface area (Å²) in [5, 5.41) is 21.7. The first-order valence-corrected chi connectivity index (χ1v) is 11.8. The van der Waals surface area contributed by atoms with Crippen LogP contribution in [-0.2, 0) is 11.2 Å². The van der Waals surface area contributed by atoms with Crippen LogP contribution >= 0.6 is 0 Å². The van der Waals surface area contributed by atoms with Crippen molar-refractivity contribution >= 4 is 16.9 Å². The van der Waals surface area contributed by atoms with Crippen LogP contribution in [0.2, 0.25) is 0 Å². The van der Waals surface area contributed by atoms with Gasteiger partial charge in [-0.25, -0.2) is 9.97 Å². The molecule has 1 aliphatic heterocycles. The molecule has 3 aromatic rings. The number of pyridine rings is 1. The van der Waals surface area contributed by atoms with Crippen LogP contribution in [0.3, 0.4) is 0 Å².